The Hall–Kier alpha value is -3.04. The monoisotopic (exact) mass is 464 g/mol. The van der Waals surface area contributed by atoms with Gasteiger partial charge in [0.15, 0.2) is 5.82 Å². The molecule has 1 aromatic carbocycles. The third kappa shape index (κ3) is 4.43. The van der Waals surface area contributed by atoms with E-state index in [1.165, 1.54) is 0 Å². The quantitative estimate of drug-likeness (QED) is 0.574. The fourth-order valence-corrected chi connectivity index (χ4v) is 6.23. The Labute approximate surface area is 194 Å². The normalized spacial score (nSPS) is 17.5. The van der Waals surface area contributed by atoms with Crippen molar-refractivity contribution < 1.29 is 8.42 Å². The summed E-state index contributed by atoms with van der Waals surface area (Å²) in [5, 5.41) is 8.88. The van der Waals surface area contributed by atoms with Crippen LogP contribution in [0, 0.1) is 6.92 Å². The molecule has 0 N–H and O–H groups in total. The second-order valence-corrected chi connectivity index (χ2v) is 10.4. The van der Waals surface area contributed by atoms with E-state index >= 15 is 0 Å². The predicted molar refractivity (Wildman–Crippen MR) is 129 cm³/mol. The van der Waals surface area contributed by atoms with Gasteiger partial charge in [-0.2, -0.15) is 4.31 Å². The number of hydrogen-bond acceptors (Lipinski definition) is 7. The van der Waals surface area contributed by atoms with Gasteiger partial charge in [-0.3, -0.25) is 0 Å². The third-order valence-corrected chi connectivity index (χ3v) is 8.43. The summed E-state index contributed by atoms with van der Waals surface area (Å²) < 4.78 is 27.8. The maximum Gasteiger partial charge on any atom is 0.243 e. The molecular formula is C24H28N6O2S. The van der Waals surface area contributed by atoms with Crippen molar-refractivity contribution in [3.05, 3.63) is 60.3 Å². The van der Waals surface area contributed by atoms with Gasteiger partial charge in [0.2, 0.25) is 10.0 Å². The number of aromatic nitrogens is 3. The van der Waals surface area contributed by atoms with Gasteiger partial charge in [-0.1, -0.05) is 18.2 Å². The molecule has 2 aromatic heterocycles. The lowest BCUT2D eigenvalue weighted by Crippen LogP contribution is -2.47. The fourth-order valence-electron chi connectivity index (χ4n) is 4.46. The highest BCUT2D eigenvalue weighted by molar-refractivity contribution is 7.89. The minimum atomic E-state index is -3.49. The van der Waals surface area contributed by atoms with E-state index in [-0.39, 0.29) is 0 Å². The molecule has 0 aliphatic carbocycles. The van der Waals surface area contributed by atoms with Crippen molar-refractivity contribution in [2.75, 3.05) is 49.1 Å². The average molecular weight is 465 g/mol. The van der Waals surface area contributed by atoms with Crippen molar-refractivity contribution in [1.29, 1.82) is 0 Å². The third-order valence-electron chi connectivity index (χ3n) is 6.39. The molecule has 4 heterocycles. The topological polar surface area (TPSA) is 82.5 Å². The van der Waals surface area contributed by atoms with Gasteiger partial charge in [-0.25, -0.2) is 13.4 Å². The molecule has 2 aliphatic rings. The first kappa shape index (κ1) is 21.8. The van der Waals surface area contributed by atoms with Crippen molar-refractivity contribution in [3.8, 4) is 11.3 Å². The van der Waals surface area contributed by atoms with Gasteiger partial charge in [0, 0.05) is 51.0 Å². The van der Waals surface area contributed by atoms with Crippen LogP contribution < -0.4 is 9.80 Å². The molecule has 0 saturated carbocycles. The second-order valence-electron chi connectivity index (χ2n) is 8.53. The number of nitrogens with zero attached hydrogens (tertiary/aromatic N) is 6. The van der Waals surface area contributed by atoms with Gasteiger partial charge in [0.1, 0.15) is 5.82 Å². The Morgan fingerprint density at radius 2 is 1.52 bits per heavy atom. The molecule has 0 radical (unpaired) electrons. The van der Waals surface area contributed by atoms with Crippen LogP contribution in [0.1, 0.15) is 18.4 Å². The molecule has 2 fully saturated rings. The molecule has 8 nitrogen and oxygen atoms in total. The summed E-state index contributed by atoms with van der Waals surface area (Å²) in [6.07, 6.45) is 3.65. The number of aryl methyl sites for hydroxylation is 1. The Morgan fingerprint density at radius 3 is 2.15 bits per heavy atom. The number of hydrogen-bond donors (Lipinski definition) is 0. The number of anilines is 2. The first-order chi connectivity index (χ1) is 16.0. The van der Waals surface area contributed by atoms with E-state index in [0.29, 0.717) is 23.7 Å². The first-order valence-corrected chi connectivity index (χ1v) is 12.8. The summed E-state index contributed by atoms with van der Waals surface area (Å²) in [6.45, 7) is 6.45. The van der Waals surface area contributed by atoms with Gasteiger partial charge in [0.25, 0.3) is 0 Å². The van der Waals surface area contributed by atoms with E-state index < -0.39 is 10.0 Å². The Bertz CT molecular complexity index is 1200. The van der Waals surface area contributed by atoms with Crippen LogP contribution >= 0.6 is 0 Å². The smallest absolute Gasteiger partial charge is 0.243 e. The van der Waals surface area contributed by atoms with Crippen LogP contribution in [0.3, 0.4) is 0 Å². The van der Waals surface area contributed by atoms with E-state index in [2.05, 4.69) is 25.0 Å². The average Bonchev–Trinajstić information content (AvgIpc) is 3.41. The summed E-state index contributed by atoms with van der Waals surface area (Å²) in [5.41, 5.74) is 2.18. The van der Waals surface area contributed by atoms with Crippen molar-refractivity contribution in [2.24, 2.45) is 0 Å². The number of sulfonamides is 1. The number of benzene rings is 1. The van der Waals surface area contributed by atoms with Crippen LogP contribution in [-0.2, 0) is 10.0 Å². The van der Waals surface area contributed by atoms with Gasteiger partial charge in [-0.15, -0.1) is 10.2 Å². The molecule has 2 aliphatic heterocycles. The van der Waals surface area contributed by atoms with Crippen LogP contribution in [0.2, 0.25) is 0 Å². The minimum Gasteiger partial charge on any atom is -0.353 e. The molecule has 0 spiro atoms. The molecule has 172 valence electrons. The molecule has 0 atom stereocenters. The molecule has 2 saturated heterocycles. The maximum absolute atomic E-state index is 13.1. The maximum atomic E-state index is 13.1. The van der Waals surface area contributed by atoms with Crippen molar-refractivity contribution >= 4 is 21.7 Å². The van der Waals surface area contributed by atoms with Crippen molar-refractivity contribution in [1.82, 2.24) is 19.5 Å². The molecule has 9 heteroatoms. The van der Waals surface area contributed by atoms with Crippen molar-refractivity contribution in [3.63, 3.8) is 0 Å². The molecule has 0 amide bonds. The van der Waals surface area contributed by atoms with Gasteiger partial charge < -0.3 is 9.80 Å². The van der Waals surface area contributed by atoms with Gasteiger partial charge >= 0.3 is 0 Å². The lowest BCUT2D eigenvalue weighted by Gasteiger charge is -2.35. The summed E-state index contributed by atoms with van der Waals surface area (Å²) >= 11 is 0. The van der Waals surface area contributed by atoms with Crippen LogP contribution in [0.25, 0.3) is 11.3 Å². The molecule has 0 unspecified atom stereocenters. The highest BCUT2D eigenvalue weighted by atomic mass is 32.2. The van der Waals surface area contributed by atoms with Crippen LogP contribution in [0.4, 0.5) is 11.6 Å². The predicted octanol–water partition coefficient (Wildman–Crippen LogP) is 2.96. The largest absolute Gasteiger partial charge is 0.353 e. The zero-order valence-electron chi connectivity index (χ0n) is 18.8. The van der Waals surface area contributed by atoms with E-state index in [9.17, 15) is 8.42 Å². The van der Waals surface area contributed by atoms with E-state index in [1.807, 2.05) is 55.6 Å². The summed E-state index contributed by atoms with van der Waals surface area (Å²) in [4.78, 5) is 9.28. The van der Waals surface area contributed by atoms with Gasteiger partial charge in [-0.05, 0) is 55.7 Å². The molecule has 0 bridgehead atoms. The highest BCUT2D eigenvalue weighted by Crippen LogP contribution is 2.28. The van der Waals surface area contributed by atoms with E-state index in [0.717, 1.165) is 61.8 Å². The molecule has 5 rings (SSSR count). The number of pyridine rings is 1. The Balaban J connectivity index is 1.31. The van der Waals surface area contributed by atoms with Crippen LogP contribution in [0.5, 0.6) is 0 Å². The van der Waals surface area contributed by atoms with Crippen LogP contribution in [-0.4, -0.2) is 67.2 Å². The Morgan fingerprint density at radius 1 is 0.788 bits per heavy atom. The Kier molecular flexibility index (Phi) is 5.99. The highest BCUT2D eigenvalue weighted by Gasteiger charge is 2.29. The zero-order valence-corrected chi connectivity index (χ0v) is 19.6. The van der Waals surface area contributed by atoms with E-state index in [4.69, 9.17) is 0 Å². The minimum absolute atomic E-state index is 0.360. The molecule has 3 aromatic rings. The number of rotatable bonds is 5. The van der Waals surface area contributed by atoms with Gasteiger partial charge in [0.05, 0.1) is 10.6 Å². The SMILES string of the molecule is Cc1ccc(-c2ccc(N3CCN(c4ccccn4)CC3)nn2)cc1S(=O)(=O)N1CCCC1. The summed E-state index contributed by atoms with van der Waals surface area (Å²) in [7, 11) is -3.49. The van der Waals surface area contributed by atoms with Crippen LogP contribution in [0.15, 0.2) is 59.6 Å². The lowest BCUT2D eigenvalue weighted by atomic mass is 10.1. The fraction of sp³-hybridized carbons (Fsp3) is 0.375. The number of piperazine rings is 1. The summed E-state index contributed by atoms with van der Waals surface area (Å²) in [6, 6.07) is 15.3. The molecule has 33 heavy (non-hydrogen) atoms. The van der Waals surface area contributed by atoms with E-state index in [1.54, 1.807) is 10.4 Å². The standard InChI is InChI=1S/C24H28N6O2S/c1-19-7-8-20(18-22(19)33(31,32)30-12-4-5-13-30)21-9-10-24(27-26-21)29-16-14-28(15-17-29)23-6-2-3-11-25-23/h2-3,6-11,18H,4-5,12-17H2,1H3. The summed E-state index contributed by atoms with van der Waals surface area (Å²) in [5.74, 6) is 1.83. The zero-order chi connectivity index (χ0) is 22.8. The lowest BCUT2D eigenvalue weighted by molar-refractivity contribution is 0.477. The van der Waals surface area contributed by atoms with Crippen molar-refractivity contribution in [2.45, 2.75) is 24.7 Å². The second kappa shape index (κ2) is 9.07. The first-order valence-electron chi connectivity index (χ1n) is 11.4. The molecular weight excluding hydrogens is 436 g/mol.